The average Bonchev–Trinajstić information content (AvgIpc) is 1.69. The third-order valence-electron chi connectivity index (χ3n) is 15.5. The van der Waals surface area contributed by atoms with Crippen LogP contribution in [-0.2, 0) is 78.1 Å². The molecule has 0 fully saturated rings. The van der Waals surface area contributed by atoms with Crippen LogP contribution in [-0.4, -0.2) is 99.5 Å². The van der Waals surface area contributed by atoms with Crippen molar-refractivity contribution in [2.45, 2.75) is 73.2 Å². The Morgan fingerprint density at radius 2 is 0.761 bits per heavy atom. The number of aromatic nitrogens is 6. The van der Waals surface area contributed by atoms with Gasteiger partial charge in [-0.15, -0.1) is 0 Å². The van der Waals surface area contributed by atoms with E-state index >= 15 is 0 Å². The zero-order chi connectivity index (χ0) is 65.5. The van der Waals surface area contributed by atoms with Crippen molar-refractivity contribution in [1.29, 1.82) is 0 Å². The highest BCUT2D eigenvalue weighted by atomic mass is 32.2. The van der Waals surface area contributed by atoms with Crippen LogP contribution in [0.15, 0.2) is 215 Å². The van der Waals surface area contributed by atoms with Crippen molar-refractivity contribution in [3.05, 3.63) is 245 Å². The fourth-order valence-electron chi connectivity index (χ4n) is 10.7. The summed E-state index contributed by atoms with van der Waals surface area (Å²) in [6.45, 7) is 3.35. The number of aliphatic hydroxyl groups is 1. The summed E-state index contributed by atoms with van der Waals surface area (Å²) >= 11 is 0. The summed E-state index contributed by atoms with van der Waals surface area (Å²) in [4.78, 5) is 37.0. The number of sulfone groups is 3. The molecule has 0 bridgehead atoms. The SMILES string of the molecule is CC(=O)c1ccccc1-c1ccc2nc(CCc3ccc(S(C)(=O)=O)cc3)[nH]c2c1.CC(O)c1ccccc1-c1ccc2nc(CCc3ccc(S(C)(=O)=O)cc3)[nH]c2c1.CS(=O)(=O)Nc1ccccc1-c1ccc2nc(CCc3ccc(S(C)(=O)=O)cc3)[nH]c2c1. The Morgan fingerprint density at radius 1 is 0.424 bits per heavy atom. The Bertz CT molecular complexity index is 5140. The van der Waals surface area contributed by atoms with Crippen LogP contribution in [0.25, 0.3) is 66.5 Å². The van der Waals surface area contributed by atoms with Gasteiger partial charge in [-0.25, -0.2) is 48.6 Å². The number of fused-ring (bicyclic) bond motifs is 3. The average molecular weight is 1310 g/mol. The second-order valence-electron chi connectivity index (χ2n) is 22.8. The maximum absolute atomic E-state index is 11.9. The van der Waals surface area contributed by atoms with Crippen LogP contribution in [0.1, 0.15) is 70.0 Å². The first-order valence-electron chi connectivity index (χ1n) is 29.5. The van der Waals surface area contributed by atoms with E-state index in [2.05, 4.69) is 40.7 Å². The number of hydrogen-bond acceptors (Lipinski definition) is 13. The van der Waals surface area contributed by atoms with Gasteiger partial charge in [-0.2, -0.15) is 0 Å². The van der Waals surface area contributed by atoms with Crippen LogP contribution in [0, 0.1) is 0 Å². The summed E-state index contributed by atoms with van der Waals surface area (Å²) in [5.41, 5.74) is 16.2. The number of Topliss-reactive ketones (excluding diaryl/α,β-unsaturated/α-hetero) is 1. The van der Waals surface area contributed by atoms with Gasteiger partial charge in [0.25, 0.3) is 0 Å². The van der Waals surface area contributed by atoms with E-state index in [0.717, 1.165) is 138 Å². The molecule has 0 radical (unpaired) electrons. The van der Waals surface area contributed by atoms with Crippen molar-refractivity contribution < 1.29 is 43.6 Å². The fraction of sp³-hybridized carbons (Fsp3) is 0.183. The molecule has 21 heteroatoms. The Labute approximate surface area is 535 Å². The topological polar surface area (TPSA) is 272 Å². The van der Waals surface area contributed by atoms with Crippen LogP contribution < -0.4 is 4.72 Å². The predicted octanol–water partition coefficient (Wildman–Crippen LogP) is 12.9. The third kappa shape index (κ3) is 16.8. The molecular formula is C71H69N7O10S4. The van der Waals surface area contributed by atoms with Crippen LogP contribution in [0.4, 0.5) is 5.69 Å². The zero-order valence-electron chi connectivity index (χ0n) is 51.5. The predicted molar refractivity (Wildman–Crippen MR) is 365 cm³/mol. The van der Waals surface area contributed by atoms with Crippen LogP contribution >= 0.6 is 0 Å². The van der Waals surface area contributed by atoms with E-state index in [1.807, 2.05) is 146 Å². The van der Waals surface area contributed by atoms with E-state index in [4.69, 9.17) is 0 Å². The summed E-state index contributed by atoms with van der Waals surface area (Å²) < 4.78 is 95.5. The fourth-order valence-corrected chi connectivity index (χ4v) is 13.2. The largest absolute Gasteiger partial charge is 0.389 e. The van der Waals surface area contributed by atoms with E-state index < -0.39 is 45.6 Å². The number of nitrogens with zero attached hydrogens (tertiary/aromatic N) is 3. The van der Waals surface area contributed by atoms with Gasteiger partial charge >= 0.3 is 0 Å². The maximum atomic E-state index is 11.9. The molecule has 12 aromatic rings. The quantitative estimate of drug-likeness (QED) is 0.0472. The number of carbonyl (C=O) groups is 1. The summed E-state index contributed by atoms with van der Waals surface area (Å²) in [5.74, 6) is 2.62. The first-order chi connectivity index (χ1) is 43.7. The van der Waals surface area contributed by atoms with Gasteiger partial charge in [-0.1, -0.05) is 121 Å². The van der Waals surface area contributed by atoms with Gasteiger partial charge in [0.1, 0.15) is 17.5 Å². The number of aryl methyl sites for hydroxylation is 6. The first kappa shape index (κ1) is 65.6. The lowest BCUT2D eigenvalue weighted by atomic mass is 9.96. The third-order valence-corrected chi connectivity index (χ3v) is 19.4. The molecule has 92 heavy (non-hydrogen) atoms. The van der Waals surface area contributed by atoms with Gasteiger partial charge in [-0.3, -0.25) is 9.52 Å². The monoisotopic (exact) mass is 1310 g/mol. The minimum atomic E-state index is -3.39. The molecule has 1 atom stereocenters. The lowest BCUT2D eigenvalue weighted by Gasteiger charge is -2.11. The molecule has 472 valence electrons. The summed E-state index contributed by atoms with van der Waals surface area (Å²) in [6, 6.07) is 61.4. The molecule has 5 N–H and O–H groups in total. The maximum Gasteiger partial charge on any atom is 0.229 e. The number of ketones is 1. The van der Waals surface area contributed by atoms with E-state index in [0.29, 0.717) is 38.8 Å². The van der Waals surface area contributed by atoms with E-state index in [1.54, 1.807) is 62.4 Å². The van der Waals surface area contributed by atoms with Crippen LogP contribution in [0.5, 0.6) is 0 Å². The molecule has 0 aliphatic heterocycles. The number of aromatic amines is 3. The zero-order valence-corrected chi connectivity index (χ0v) is 54.7. The molecule has 0 aliphatic rings. The molecule has 9 aromatic carbocycles. The number of rotatable bonds is 19. The number of carbonyl (C=O) groups excluding carboxylic acids is 1. The van der Waals surface area contributed by atoms with Gasteiger partial charge < -0.3 is 20.1 Å². The molecule has 17 nitrogen and oxygen atoms in total. The molecule has 0 spiro atoms. The highest BCUT2D eigenvalue weighted by Gasteiger charge is 2.16. The molecule has 12 rings (SSSR count). The number of para-hydroxylation sites is 1. The molecule has 0 amide bonds. The number of benzene rings is 9. The highest BCUT2D eigenvalue weighted by Crippen LogP contribution is 2.33. The van der Waals surface area contributed by atoms with Gasteiger partial charge in [0.15, 0.2) is 35.3 Å². The van der Waals surface area contributed by atoms with Crippen molar-refractivity contribution in [2.24, 2.45) is 0 Å². The number of imidazole rings is 3. The van der Waals surface area contributed by atoms with E-state index in [-0.39, 0.29) is 5.78 Å². The number of aliphatic hydroxyl groups excluding tert-OH is 1. The van der Waals surface area contributed by atoms with E-state index in [9.17, 15) is 43.6 Å². The number of H-pyrrole nitrogens is 3. The van der Waals surface area contributed by atoms with Crippen molar-refractivity contribution in [3.8, 4) is 33.4 Å². The van der Waals surface area contributed by atoms with Crippen molar-refractivity contribution in [2.75, 3.05) is 29.7 Å². The Balaban J connectivity index is 0.000000151. The number of hydrogen-bond donors (Lipinski definition) is 5. The second-order valence-corrected chi connectivity index (χ2v) is 30.6. The molecule has 1 unspecified atom stereocenters. The van der Waals surface area contributed by atoms with Crippen molar-refractivity contribution in [1.82, 2.24) is 29.9 Å². The smallest absolute Gasteiger partial charge is 0.229 e. The minimum Gasteiger partial charge on any atom is -0.389 e. The lowest BCUT2D eigenvalue weighted by Crippen LogP contribution is -2.10. The lowest BCUT2D eigenvalue weighted by molar-refractivity contribution is 0.101. The molecule has 0 aliphatic carbocycles. The van der Waals surface area contributed by atoms with E-state index in [1.165, 1.54) is 18.8 Å². The van der Waals surface area contributed by atoms with Gasteiger partial charge in [0, 0.05) is 49.2 Å². The van der Waals surface area contributed by atoms with Gasteiger partial charge in [-0.05, 0) is 162 Å². The number of anilines is 1. The van der Waals surface area contributed by atoms with Crippen molar-refractivity contribution in [3.63, 3.8) is 0 Å². The van der Waals surface area contributed by atoms with Crippen LogP contribution in [0.2, 0.25) is 0 Å². The van der Waals surface area contributed by atoms with Gasteiger partial charge in [0.2, 0.25) is 10.0 Å². The molecule has 0 saturated carbocycles. The molecular weight excluding hydrogens is 1240 g/mol. The normalized spacial score (nSPS) is 12.2. The summed E-state index contributed by atoms with van der Waals surface area (Å²) in [5, 5.41) is 10.1. The second kappa shape index (κ2) is 27.6. The summed E-state index contributed by atoms with van der Waals surface area (Å²) in [7, 11) is -12.9. The standard InChI is InChI=1S/C24H24N2O3S.C24H22N2O3S.C23H23N3O4S2/c2*1-16(27)20-5-3-4-6-21(20)18-10-13-22-23(15-18)26-24(25-22)14-9-17-7-11-19(12-8-17)30(2,28)29;1-31(27,28)18-11-7-16(8-12-18)9-14-23-24-21-13-10-17(15-22(21)25-23)19-5-3-4-6-20(19)26-32(2,29)30/h3-8,10-13,15-16,27H,9,14H2,1-2H3,(H,25,26);3-8,10-13,15H,9,14H2,1-2H3,(H,25,26);3-8,10-13,15,26H,9,14H2,1-2H3,(H,24,25). The van der Waals surface area contributed by atoms with Crippen molar-refractivity contribution >= 4 is 84.1 Å². The Morgan fingerprint density at radius 3 is 1.13 bits per heavy atom. The van der Waals surface area contributed by atoms with Gasteiger partial charge in [0.05, 0.1) is 65.8 Å². The Kier molecular flexibility index (Phi) is 19.7. The van der Waals surface area contributed by atoms with Crippen LogP contribution in [0.3, 0.4) is 0 Å². The molecule has 3 heterocycles. The minimum absolute atomic E-state index is 0.0397. The Hall–Kier alpha value is -9.38. The highest BCUT2D eigenvalue weighted by molar-refractivity contribution is 7.92. The number of nitrogens with one attached hydrogen (secondary N) is 4. The first-order valence-corrected chi connectivity index (χ1v) is 37.1. The molecule has 0 saturated heterocycles. The molecule has 3 aromatic heterocycles. The number of sulfonamides is 1. The summed E-state index contributed by atoms with van der Waals surface area (Å²) in [6.07, 6.45) is 8.56.